The minimum atomic E-state index is -0.309. The largest absolute Gasteiger partial charge is 0.465 e. The fraction of sp³-hybridized carbons (Fsp3) is 0.917. The molecule has 0 unspecified atom stereocenters. The third-order valence-electron chi connectivity index (χ3n) is 1.98. The first-order valence-electron chi connectivity index (χ1n) is 6.34. The van der Waals surface area contributed by atoms with Crippen molar-refractivity contribution < 1.29 is 14.1 Å². The van der Waals surface area contributed by atoms with Crippen molar-refractivity contribution in [1.82, 2.24) is 0 Å². The zero-order valence-corrected chi connectivity index (χ0v) is 11.9. The van der Waals surface area contributed by atoms with Crippen LogP contribution in [-0.2, 0) is 9.53 Å². The molecule has 0 rings (SSSR count). The van der Waals surface area contributed by atoms with E-state index in [9.17, 15) is 4.79 Å². The topological polar surface area (TPSA) is 78.3 Å². The summed E-state index contributed by atoms with van der Waals surface area (Å²) in [7, 11) is 3.98. The van der Waals surface area contributed by atoms with Gasteiger partial charge in [-0.3, -0.25) is 9.39 Å². The molecule has 0 aliphatic heterocycles. The normalized spacial score (nSPS) is 10.5. The van der Waals surface area contributed by atoms with Gasteiger partial charge in [0.2, 0.25) is 0 Å². The first-order chi connectivity index (χ1) is 7.87. The number of hydrogen-bond acceptors (Lipinski definition) is 4. The fourth-order valence-corrected chi connectivity index (χ4v) is 1.17. The Hall–Kier alpha value is -0.650. The Kier molecular flexibility index (Phi) is 13.0. The van der Waals surface area contributed by atoms with E-state index in [-0.39, 0.29) is 12.5 Å². The highest BCUT2D eigenvalue weighted by Gasteiger charge is 2.02. The van der Waals surface area contributed by atoms with Crippen LogP contribution in [-0.4, -0.2) is 44.4 Å². The summed E-state index contributed by atoms with van der Waals surface area (Å²) in [4.78, 5) is 10.4. The van der Waals surface area contributed by atoms with E-state index in [4.69, 9.17) is 16.3 Å². The van der Waals surface area contributed by atoms with E-state index in [1.54, 1.807) is 0 Å². The van der Waals surface area contributed by atoms with E-state index >= 15 is 0 Å². The van der Waals surface area contributed by atoms with E-state index in [2.05, 4.69) is 13.8 Å². The Balaban J connectivity index is 0. The molecule has 0 bridgehead atoms. The second-order valence-corrected chi connectivity index (χ2v) is 4.63. The molecule has 0 saturated heterocycles. The van der Waals surface area contributed by atoms with E-state index in [1.807, 2.05) is 14.1 Å². The van der Waals surface area contributed by atoms with Crippen LogP contribution < -0.4 is 11.6 Å². The van der Waals surface area contributed by atoms with E-state index < -0.39 is 0 Å². The molecular formula is C12H30N3O2+. The van der Waals surface area contributed by atoms with Gasteiger partial charge in [-0.15, -0.1) is 0 Å². The van der Waals surface area contributed by atoms with Gasteiger partial charge < -0.3 is 10.5 Å². The summed E-state index contributed by atoms with van der Waals surface area (Å²) in [6, 6.07) is 0. The van der Waals surface area contributed by atoms with E-state index in [1.165, 1.54) is 0 Å². The zero-order chi connectivity index (χ0) is 13.7. The van der Waals surface area contributed by atoms with Crippen LogP contribution in [0.5, 0.6) is 0 Å². The van der Waals surface area contributed by atoms with Gasteiger partial charge in [0, 0.05) is 0 Å². The van der Waals surface area contributed by atoms with Gasteiger partial charge in [-0.25, -0.2) is 0 Å². The highest BCUT2D eigenvalue weighted by molar-refractivity contribution is 5.71. The molecule has 0 aliphatic rings. The molecule has 0 atom stereocenters. The number of unbranched alkanes of at least 4 members (excludes halogenated alkanes) is 2. The second-order valence-electron chi connectivity index (χ2n) is 4.63. The molecule has 0 spiro atoms. The van der Waals surface area contributed by atoms with Crippen molar-refractivity contribution in [3.8, 4) is 0 Å². The van der Waals surface area contributed by atoms with Crippen LogP contribution >= 0.6 is 0 Å². The molecule has 0 heterocycles. The SMILES string of the molecule is CCCCCOC(=O)CN.CCC[N+](C)(C)N. The van der Waals surface area contributed by atoms with Gasteiger partial charge in [0.05, 0.1) is 33.8 Å². The highest BCUT2D eigenvalue weighted by Crippen LogP contribution is 1.93. The average molecular weight is 248 g/mol. The molecule has 4 N–H and O–H groups in total. The molecule has 0 fully saturated rings. The number of ether oxygens (including phenoxy) is 1. The maximum atomic E-state index is 10.4. The lowest BCUT2D eigenvalue weighted by atomic mass is 10.3. The van der Waals surface area contributed by atoms with Gasteiger partial charge in [0.1, 0.15) is 0 Å². The van der Waals surface area contributed by atoms with Crippen molar-refractivity contribution in [2.24, 2.45) is 11.6 Å². The van der Waals surface area contributed by atoms with Crippen LogP contribution in [0.2, 0.25) is 0 Å². The minimum absolute atomic E-state index is 0.00781. The van der Waals surface area contributed by atoms with Crippen molar-refractivity contribution in [1.29, 1.82) is 0 Å². The molecular weight excluding hydrogens is 218 g/mol. The summed E-state index contributed by atoms with van der Waals surface area (Å²) in [6.45, 7) is 5.80. The Morgan fingerprint density at radius 1 is 1.18 bits per heavy atom. The Morgan fingerprint density at radius 3 is 2.06 bits per heavy atom. The van der Waals surface area contributed by atoms with Crippen molar-refractivity contribution in [2.75, 3.05) is 33.8 Å². The minimum Gasteiger partial charge on any atom is -0.465 e. The fourth-order valence-electron chi connectivity index (χ4n) is 1.17. The molecule has 0 aliphatic carbocycles. The molecule has 0 radical (unpaired) electrons. The maximum Gasteiger partial charge on any atom is 0.319 e. The van der Waals surface area contributed by atoms with Gasteiger partial charge >= 0.3 is 5.97 Å². The lowest BCUT2D eigenvalue weighted by Gasteiger charge is -2.20. The molecule has 0 aromatic carbocycles. The monoisotopic (exact) mass is 248 g/mol. The molecule has 0 amide bonds. The molecule has 0 aromatic rings. The third-order valence-corrected chi connectivity index (χ3v) is 1.98. The molecule has 17 heavy (non-hydrogen) atoms. The van der Waals surface area contributed by atoms with Crippen LogP contribution in [0.25, 0.3) is 0 Å². The van der Waals surface area contributed by atoms with Gasteiger partial charge in [0.25, 0.3) is 0 Å². The van der Waals surface area contributed by atoms with E-state index in [0.717, 1.165) is 32.2 Å². The quantitative estimate of drug-likeness (QED) is 0.232. The number of rotatable bonds is 7. The number of esters is 1. The van der Waals surface area contributed by atoms with Crippen molar-refractivity contribution in [2.45, 2.75) is 39.5 Å². The van der Waals surface area contributed by atoms with Crippen molar-refractivity contribution >= 4 is 5.97 Å². The van der Waals surface area contributed by atoms with Crippen LogP contribution in [0.3, 0.4) is 0 Å². The standard InChI is InChI=1S/C7H15NO2.C5H15N2/c1-2-3-4-5-10-7(9)6-8;1-4-5-7(2,3)6/h2-6,8H2,1H3;4-6H2,1-3H3/q;+1. The predicted octanol–water partition coefficient (Wildman–Crippen LogP) is 1.03. The van der Waals surface area contributed by atoms with Crippen molar-refractivity contribution in [3.05, 3.63) is 0 Å². The maximum absolute atomic E-state index is 10.4. The lowest BCUT2D eigenvalue weighted by molar-refractivity contribution is -0.902. The van der Waals surface area contributed by atoms with Crippen LogP contribution in [0.1, 0.15) is 39.5 Å². The summed E-state index contributed by atoms with van der Waals surface area (Å²) >= 11 is 0. The number of nitrogens with zero attached hydrogens (tertiary/aromatic N) is 1. The number of carbonyl (C=O) groups excluding carboxylic acids is 1. The summed E-state index contributed by atoms with van der Waals surface area (Å²) in [5.74, 6) is 5.27. The number of hydrogen-bond donors (Lipinski definition) is 2. The smallest absolute Gasteiger partial charge is 0.319 e. The molecule has 104 valence electrons. The Morgan fingerprint density at radius 2 is 1.76 bits per heavy atom. The summed E-state index contributed by atoms with van der Waals surface area (Å²) in [5.41, 5.74) is 5.01. The summed E-state index contributed by atoms with van der Waals surface area (Å²) < 4.78 is 5.32. The van der Waals surface area contributed by atoms with Gasteiger partial charge in [-0.1, -0.05) is 26.7 Å². The first kappa shape index (κ1) is 18.7. The molecule has 5 nitrogen and oxygen atoms in total. The van der Waals surface area contributed by atoms with Crippen molar-refractivity contribution in [3.63, 3.8) is 0 Å². The van der Waals surface area contributed by atoms with Crippen LogP contribution in [0, 0.1) is 0 Å². The number of quaternary nitrogens is 1. The number of nitrogens with two attached hydrogens (primary N) is 2. The Bertz CT molecular complexity index is 179. The second kappa shape index (κ2) is 11.8. The molecule has 0 saturated carbocycles. The molecule has 0 aromatic heterocycles. The first-order valence-corrected chi connectivity index (χ1v) is 6.34. The summed E-state index contributed by atoms with van der Waals surface area (Å²) in [5, 5.41) is 0. The third kappa shape index (κ3) is 21.2. The average Bonchev–Trinajstić information content (AvgIpc) is 2.23. The summed E-state index contributed by atoms with van der Waals surface area (Å²) in [6.07, 6.45) is 4.35. The van der Waals surface area contributed by atoms with Gasteiger partial charge in [-0.2, -0.15) is 5.84 Å². The highest BCUT2D eigenvalue weighted by atomic mass is 16.5. The Labute approximate surface area is 106 Å². The van der Waals surface area contributed by atoms with Gasteiger partial charge in [-0.05, 0) is 12.8 Å². The molecule has 5 heteroatoms. The van der Waals surface area contributed by atoms with E-state index in [0.29, 0.717) is 11.2 Å². The number of carbonyl (C=O) groups is 1. The van der Waals surface area contributed by atoms with Crippen LogP contribution in [0.4, 0.5) is 0 Å². The van der Waals surface area contributed by atoms with Crippen LogP contribution in [0.15, 0.2) is 0 Å². The predicted molar refractivity (Wildman–Crippen MR) is 71.0 cm³/mol. The lowest BCUT2D eigenvalue weighted by Crippen LogP contribution is -2.46. The zero-order valence-electron chi connectivity index (χ0n) is 11.9. The van der Waals surface area contributed by atoms with Gasteiger partial charge in [0.15, 0.2) is 0 Å².